The lowest BCUT2D eigenvalue weighted by atomic mass is 10.0. The standard InChI is InChI=1S/C17H11ClF2O3/c18-11-6-4-10(5-7-11)8-17(22)9-12(16(21)23-17)15-13(19)2-1-3-14(15)20/h1-7,9,22H,8H2. The summed E-state index contributed by atoms with van der Waals surface area (Å²) < 4.78 is 32.5. The van der Waals surface area contributed by atoms with Crippen molar-refractivity contribution in [2.75, 3.05) is 0 Å². The van der Waals surface area contributed by atoms with Gasteiger partial charge in [-0.05, 0) is 29.8 Å². The Balaban J connectivity index is 1.95. The molecule has 2 aromatic rings. The number of hydrogen-bond acceptors (Lipinski definition) is 3. The molecule has 0 saturated heterocycles. The van der Waals surface area contributed by atoms with E-state index in [-0.39, 0.29) is 12.0 Å². The number of carbonyl (C=O) groups excluding carboxylic acids is 1. The molecule has 1 heterocycles. The van der Waals surface area contributed by atoms with Crippen molar-refractivity contribution in [2.24, 2.45) is 0 Å². The molecule has 1 N–H and O–H groups in total. The number of hydrogen-bond donors (Lipinski definition) is 1. The third-order valence-corrected chi connectivity index (χ3v) is 3.71. The summed E-state index contributed by atoms with van der Waals surface area (Å²) in [5, 5.41) is 10.9. The third kappa shape index (κ3) is 3.11. The summed E-state index contributed by atoms with van der Waals surface area (Å²) in [4.78, 5) is 11.9. The predicted octanol–water partition coefficient (Wildman–Crippen LogP) is 3.49. The minimum atomic E-state index is -1.96. The lowest BCUT2D eigenvalue weighted by Gasteiger charge is -2.19. The largest absolute Gasteiger partial charge is 0.425 e. The van der Waals surface area contributed by atoms with E-state index in [1.807, 2.05) is 0 Å². The van der Waals surface area contributed by atoms with Crippen molar-refractivity contribution in [2.45, 2.75) is 12.2 Å². The van der Waals surface area contributed by atoms with Crippen molar-refractivity contribution in [3.05, 3.63) is 76.3 Å². The first-order valence-electron chi connectivity index (χ1n) is 6.75. The molecular weight excluding hydrogens is 326 g/mol. The first kappa shape index (κ1) is 15.6. The molecule has 0 aliphatic carbocycles. The van der Waals surface area contributed by atoms with Gasteiger partial charge in [0.15, 0.2) is 0 Å². The van der Waals surface area contributed by atoms with Crippen LogP contribution in [0.15, 0.2) is 48.5 Å². The van der Waals surface area contributed by atoms with Crippen molar-refractivity contribution in [1.82, 2.24) is 0 Å². The van der Waals surface area contributed by atoms with E-state index in [2.05, 4.69) is 0 Å². The SMILES string of the molecule is O=C1OC(O)(Cc2ccc(Cl)cc2)C=C1c1c(F)cccc1F. The number of cyclic esters (lactones) is 1. The number of carbonyl (C=O) groups is 1. The van der Waals surface area contributed by atoms with Gasteiger partial charge in [0.05, 0.1) is 11.1 Å². The van der Waals surface area contributed by atoms with E-state index in [9.17, 15) is 18.7 Å². The van der Waals surface area contributed by atoms with Gasteiger partial charge in [0.25, 0.3) is 0 Å². The Bertz CT molecular complexity index is 782. The second-order valence-electron chi connectivity index (χ2n) is 5.19. The molecule has 1 aliphatic rings. The van der Waals surface area contributed by atoms with Crippen LogP contribution in [0.2, 0.25) is 5.02 Å². The molecule has 0 spiro atoms. The Morgan fingerprint density at radius 2 is 1.70 bits per heavy atom. The molecule has 0 saturated carbocycles. The molecule has 0 bridgehead atoms. The van der Waals surface area contributed by atoms with E-state index < -0.39 is 29.0 Å². The highest BCUT2D eigenvalue weighted by atomic mass is 35.5. The van der Waals surface area contributed by atoms with Crippen LogP contribution in [0.4, 0.5) is 8.78 Å². The van der Waals surface area contributed by atoms with E-state index >= 15 is 0 Å². The van der Waals surface area contributed by atoms with Crippen LogP contribution in [-0.4, -0.2) is 16.9 Å². The fourth-order valence-corrected chi connectivity index (χ4v) is 2.57. The Hall–Kier alpha value is -2.24. The molecule has 3 rings (SSSR count). The number of esters is 1. The summed E-state index contributed by atoms with van der Waals surface area (Å²) in [6, 6.07) is 9.81. The smallest absolute Gasteiger partial charge is 0.341 e. The Kier molecular flexibility index (Phi) is 3.92. The van der Waals surface area contributed by atoms with Gasteiger partial charge in [-0.25, -0.2) is 13.6 Å². The minimum Gasteiger partial charge on any atom is -0.425 e. The lowest BCUT2D eigenvalue weighted by Crippen LogP contribution is -2.30. The maximum absolute atomic E-state index is 13.8. The van der Waals surface area contributed by atoms with Gasteiger partial charge in [0.2, 0.25) is 5.79 Å². The molecule has 1 unspecified atom stereocenters. The molecule has 0 aromatic heterocycles. The van der Waals surface area contributed by atoms with E-state index in [0.717, 1.165) is 18.2 Å². The fraction of sp³-hybridized carbons (Fsp3) is 0.118. The van der Waals surface area contributed by atoms with Gasteiger partial charge < -0.3 is 9.84 Å². The molecule has 118 valence electrons. The van der Waals surface area contributed by atoms with Gasteiger partial charge in [-0.3, -0.25) is 0 Å². The molecule has 1 atom stereocenters. The molecular formula is C17H11ClF2O3. The maximum atomic E-state index is 13.8. The van der Waals surface area contributed by atoms with Crippen LogP contribution in [0.5, 0.6) is 0 Å². The molecule has 3 nitrogen and oxygen atoms in total. The zero-order valence-corrected chi connectivity index (χ0v) is 12.5. The van der Waals surface area contributed by atoms with Gasteiger partial charge in [-0.1, -0.05) is 29.8 Å². The number of benzene rings is 2. The molecule has 23 heavy (non-hydrogen) atoms. The summed E-state index contributed by atoms with van der Waals surface area (Å²) in [5.41, 5.74) is -0.196. The van der Waals surface area contributed by atoms with Crippen molar-refractivity contribution in [3.8, 4) is 0 Å². The molecule has 0 amide bonds. The maximum Gasteiger partial charge on any atom is 0.341 e. The topological polar surface area (TPSA) is 46.5 Å². The summed E-state index contributed by atoms with van der Waals surface area (Å²) in [6.45, 7) is 0. The highest BCUT2D eigenvalue weighted by molar-refractivity contribution is 6.30. The van der Waals surface area contributed by atoms with Crippen LogP contribution >= 0.6 is 11.6 Å². The normalized spacial score (nSPS) is 20.3. The number of aliphatic hydroxyl groups is 1. The van der Waals surface area contributed by atoms with Crippen molar-refractivity contribution < 1.29 is 23.4 Å². The van der Waals surface area contributed by atoms with Gasteiger partial charge in [-0.2, -0.15) is 0 Å². The van der Waals surface area contributed by atoms with Crippen LogP contribution in [0, 0.1) is 11.6 Å². The van der Waals surface area contributed by atoms with E-state index in [0.29, 0.717) is 10.6 Å². The van der Waals surface area contributed by atoms with Crippen molar-refractivity contribution in [1.29, 1.82) is 0 Å². The third-order valence-electron chi connectivity index (χ3n) is 3.46. The highest BCUT2D eigenvalue weighted by Gasteiger charge is 2.40. The number of rotatable bonds is 3. The average Bonchev–Trinajstić information content (AvgIpc) is 2.76. The van der Waals surface area contributed by atoms with E-state index in [1.165, 1.54) is 6.07 Å². The van der Waals surface area contributed by atoms with E-state index in [4.69, 9.17) is 16.3 Å². The molecule has 0 fully saturated rings. The Labute approximate surface area is 135 Å². The van der Waals surface area contributed by atoms with Gasteiger partial charge in [-0.15, -0.1) is 0 Å². The second-order valence-corrected chi connectivity index (χ2v) is 5.63. The molecule has 0 radical (unpaired) electrons. The van der Waals surface area contributed by atoms with Crippen LogP contribution in [0.25, 0.3) is 5.57 Å². The highest BCUT2D eigenvalue weighted by Crippen LogP contribution is 2.34. The second kappa shape index (κ2) is 5.76. The van der Waals surface area contributed by atoms with E-state index in [1.54, 1.807) is 24.3 Å². The van der Waals surface area contributed by atoms with Crippen molar-refractivity contribution in [3.63, 3.8) is 0 Å². The zero-order valence-electron chi connectivity index (χ0n) is 11.7. The molecule has 6 heteroatoms. The Morgan fingerprint density at radius 3 is 2.30 bits per heavy atom. The molecule has 1 aliphatic heterocycles. The summed E-state index contributed by atoms with van der Waals surface area (Å²) in [5.74, 6) is -4.74. The first-order chi connectivity index (χ1) is 10.9. The van der Waals surface area contributed by atoms with Gasteiger partial charge in [0.1, 0.15) is 11.6 Å². The van der Waals surface area contributed by atoms with Crippen LogP contribution < -0.4 is 0 Å². The van der Waals surface area contributed by atoms with Crippen LogP contribution in [0.3, 0.4) is 0 Å². The lowest BCUT2D eigenvalue weighted by molar-refractivity contribution is -0.176. The number of ether oxygens (including phenoxy) is 1. The Morgan fingerprint density at radius 1 is 1.09 bits per heavy atom. The predicted molar refractivity (Wildman–Crippen MR) is 80.5 cm³/mol. The van der Waals surface area contributed by atoms with Gasteiger partial charge >= 0.3 is 5.97 Å². The quantitative estimate of drug-likeness (QED) is 0.873. The monoisotopic (exact) mass is 336 g/mol. The summed E-state index contributed by atoms with van der Waals surface area (Å²) in [7, 11) is 0. The van der Waals surface area contributed by atoms with Gasteiger partial charge in [0, 0.05) is 17.5 Å². The van der Waals surface area contributed by atoms with Crippen LogP contribution in [0.1, 0.15) is 11.1 Å². The number of halogens is 3. The molecule has 2 aromatic carbocycles. The summed E-state index contributed by atoms with van der Waals surface area (Å²) in [6.07, 6.45) is 0.973. The fourth-order valence-electron chi connectivity index (χ4n) is 2.44. The van der Waals surface area contributed by atoms with Crippen LogP contribution in [-0.2, 0) is 16.0 Å². The first-order valence-corrected chi connectivity index (χ1v) is 7.13. The van der Waals surface area contributed by atoms with Crippen molar-refractivity contribution >= 4 is 23.1 Å². The summed E-state index contributed by atoms with van der Waals surface area (Å²) >= 11 is 5.78. The average molecular weight is 337 g/mol. The minimum absolute atomic E-state index is 0.0600. The zero-order chi connectivity index (χ0) is 16.6.